The van der Waals surface area contributed by atoms with Gasteiger partial charge >= 0.3 is 5.97 Å². The molecular weight excluding hydrogens is 262 g/mol. The molecular formula is C13H15N3O2S. The van der Waals surface area contributed by atoms with Crippen LogP contribution >= 0.6 is 11.3 Å². The van der Waals surface area contributed by atoms with Crippen molar-refractivity contribution in [1.29, 1.82) is 0 Å². The van der Waals surface area contributed by atoms with Gasteiger partial charge in [-0.2, -0.15) is 0 Å². The van der Waals surface area contributed by atoms with Crippen LogP contribution in [0.2, 0.25) is 0 Å². The molecule has 5 nitrogen and oxygen atoms in total. The number of carbonyl (C=O) groups excluding carboxylic acids is 1. The molecule has 0 atom stereocenters. The second kappa shape index (κ2) is 6.84. The van der Waals surface area contributed by atoms with Crippen LogP contribution in [0.3, 0.4) is 0 Å². The Morgan fingerprint density at radius 1 is 1.32 bits per heavy atom. The zero-order valence-electron chi connectivity index (χ0n) is 10.6. The van der Waals surface area contributed by atoms with Crippen molar-refractivity contribution in [1.82, 2.24) is 10.2 Å². The largest absolute Gasteiger partial charge is 0.469 e. The van der Waals surface area contributed by atoms with Crippen LogP contribution in [0.5, 0.6) is 0 Å². The van der Waals surface area contributed by atoms with Crippen molar-refractivity contribution in [2.75, 3.05) is 12.4 Å². The number of hydrogen-bond acceptors (Lipinski definition) is 6. The minimum atomic E-state index is -0.228. The lowest BCUT2D eigenvalue weighted by Crippen LogP contribution is -2.01. The van der Waals surface area contributed by atoms with Crippen LogP contribution in [0.25, 0.3) is 0 Å². The number of hydrogen-bond donors (Lipinski definition) is 1. The number of aromatic nitrogens is 2. The Labute approximate surface area is 115 Å². The van der Waals surface area contributed by atoms with Crippen LogP contribution < -0.4 is 5.32 Å². The van der Waals surface area contributed by atoms with Gasteiger partial charge in [0.05, 0.1) is 13.5 Å². The van der Waals surface area contributed by atoms with E-state index in [4.69, 9.17) is 0 Å². The summed E-state index contributed by atoms with van der Waals surface area (Å²) >= 11 is 1.46. The summed E-state index contributed by atoms with van der Waals surface area (Å²) in [6, 6.07) is 10.1. The van der Waals surface area contributed by atoms with Gasteiger partial charge in [-0.25, -0.2) is 0 Å². The van der Waals surface area contributed by atoms with Gasteiger partial charge in [0.1, 0.15) is 5.01 Å². The molecule has 100 valence electrons. The number of rotatable bonds is 6. The fourth-order valence-electron chi connectivity index (χ4n) is 1.51. The van der Waals surface area contributed by atoms with E-state index < -0.39 is 0 Å². The van der Waals surface area contributed by atoms with Crippen LogP contribution in [0.4, 0.5) is 5.13 Å². The zero-order chi connectivity index (χ0) is 13.5. The zero-order valence-corrected chi connectivity index (χ0v) is 11.4. The van der Waals surface area contributed by atoms with Gasteiger partial charge in [0.2, 0.25) is 5.13 Å². The number of nitrogens with zero attached hydrogens (tertiary/aromatic N) is 2. The Morgan fingerprint density at radius 3 is 2.84 bits per heavy atom. The predicted octanol–water partition coefficient (Wildman–Crippen LogP) is 2.26. The Morgan fingerprint density at radius 2 is 2.11 bits per heavy atom. The first-order chi connectivity index (χ1) is 9.28. The molecule has 1 aromatic carbocycles. The van der Waals surface area contributed by atoms with Crippen LogP contribution in [0.15, 0.2) is 30.3 Å². The third-order valence-electron chi connectivity index (χ3n) is 2.52. The monoisotopic (exact) mass is 277 g/mol. The highest BCUT2D eigenvalue weighted by Gasteiger charge is 2.07. The highest BCUT2D eigenvalue weighted by molar-refractivity contribution is 7.15. The van der Waals surface area contributed by atoms with Crippen molar-refractivity contribution in [3.05, 3.63) is 40.9 Å². The summed E-state index contributed by atoms with van der Waals surface area (Å²) in [4.78, 5) is 11.0. The summed E-state index contributed by atoms with van der Waals surface area (Å²) in [5.74, 6) is -0.228. The topological polar surface area (TPSA) is 64.1 Å². The molecule has 0 radical (unpaired) electrons. The van der Waals surface area contributed by atoms with Crippen molar-refractivity contribution in [2.45, 2.75) is 19.4 Å². The number of ether oxygens (including phenoxy) is 1. The number of benzene rings is 1. The van der Waals surface area contributed by atoms with E-state index in [1.54, 1.807) is 0 Å². The van der Waals surface area contributed by atoms with E-state index >= 15 is 0 Å². The Kier molecular flexibility index (Phi) is 4.85. The molecule has 6 heteroatoms. The number of nitrogens with one attached hydrogen (secondary N) is 1. The van der Waals surface area contributed by atoms with Gasteiger partial charge in [0.25, 0.3) is 0 Å². The highest BCUT2D eigenvalue weighted by Crippen LogP contribution is 2.17. The molecule has 2 aromatic rings. The van der Waals surface area contributed by atoms with Crippen molar-refractivity contribution in [3.8, 4) is 0 Å². The normalized spacial score (nSPS) is 10.2. The van der Waals surface area contributed by atoms with Gasteiger partial charge in [-0.15, -0.1) is 10.2 Å². The first-order valence-corrected chi connectivity index (χ1v) is 6.76. The molecule has 0 saturated carbocycles. The summed E-state index contributed by atoms with van der Waals surface area (Å²) in [6.45, 7) is 0.715. The van der Waals surface area contributed by atoms with Gasteiger partial charge in [-0.1, -0.05) is 41.7 Å². The lowest BCUT2D eigenvalue weighted by Gasteiger charge is -2.00. The Hall–Kier alpha value is -1.95. The molecule has 1 aromatic heterocycles. The summed E-state index contributed by atoms with van der Waals surface area (Å²) < 4.78 is 4.59. The molecule has 0 aliphatic heterocycles. The molecule has 0 amide bonds. The lowest BCUT2D eigenvalue weighted by molar-refractivity contribution is -0.140. The number of carbonyl (C=O) groups is 1. The van der Waals surface area contributed by atoms with Crippen molar-refractivity contribution in [2.24, 2.45) is 0 Å². The summed E-state index contributed by atoms with van der Waals surface area (Å²) in [6.07, 6.45) is 0.904. The summed E-state index contributed by atoms with van der Waals surface area (Å²) in [5.41, 5.74) is 1.19. The maximum atomic E-state index is 11.0. The van der Waals surface area contributed by atoms with Crippen molar-refractivity contribution < 1.29 is 9.53 Å². The van der Waals surface area contributed by atoms with Gasteiger partial charge in [0, 0.05) is 13.0 Å². The average molecular weight is 277 g/mol. The first kappa shape index (κ1) is 13.5. The molecule has 0 aliphatic rings. The van der Waals surface area contributed by atoms with Crippen molar-refractivity contribution in [3.63, 3.8) is 0 Å². The molecule has 1 N–H and O–H groups in total. The smallest absolute Gasteiger partial charge is 0.305 e. The van der Waals surface area contributed by atoms with Crippen molar-refractivity contribution >= 4 is 22.4 Å². The molecule has 0 saturated heterocycles. The van der Waals surface area contributed by atoms with Gasteiger partial charge in [0.15, 0.2) is 0 Å². The quantitative estimate of drug-likeness (QED) is 0.820. The second-order valence-corrected chi connectivity index (χ2v) is 4.98. The third kappa shape index (κ3) is 4.33. The van der Waals surface area contributed by atoms with E-state index in [9.17, 15) is 4.79 Å². The number of esters is 1. The lowest BCUT2D eigenvalue weighted by atomic mass is 10.2. The molecule has 1 heterocycles. The molecule has 0 unspecified atom stereocenters. The van der Waals surface area contributed by atoms with Crippen LogP contribution in [0, 0.1) is 0 Å². The van der Waals surface area contributed by atoms with Gasteiger partial charge < -0.3 is 10.1 Å². The second-order valence-electron chi connectivity index (χ2n) is 3.92. The average Bonchev–Trinajstić information content (AvgIpc) is 2.91. The van der Waals surface area contributed by atoms with E-state index in [1.807, 2.05) is 30.3 Å². The molecule has 19 heavy (non-hydrogen) atoms. The van der Waals surface area contributed by atoms with E-state index in [0.29, 0.717) is 19.4 Å². The molecule has 0 fully saturated rings. The fraction of sp³-hybridized carbons (Fsp3) is 0.308. The molecule has 2 rings (SSSR count). The third-order valence-corrected chi connectivity index (χ3v) is 3.46. The molecule has 0 bridgehead atoms. The van der Waals surface area contributed by atoms with Crippen LogP contribution in [0.1, 0.15) is 17.0 Å². The fourth-order valence-corrected chi connectivity index (χ4v) is 2.25. The maximum absolute atomic E-state index is 11.0. The van der Waals surface area contributed by atoms with Crippen LogP contribution in [-0.2, 0) is 22.5 Å². The van der Waals surface area contributed by atoms with E-state index in [0.717, 1.165) is 10.1 Å². The number of methoxy groups -OCH3 is 1. The minimum Gasteiger partial charge on any atom is -0.469 e. The molecule has 0 spiro atoms. The standard InChI is InChI=1S/C13H15N3O2S/c1-18-12(17)8-7-11-15-16-13(19-11)14-9-10-5-3-2-4-6-10/h2-6H,7-9H2,1H3,(H,14,16). The SMILES string of the molecule is COC(=O)CCc1nnc(NCc2ccccc2)s1. The number of aryl methyl sites for hydroxylation is 1. The Balaban J connectivity index is 1.82. The summed E-state index contributed by atoms with van der Waals surface area (Å²) in [5, 5.41) is 12.9. The first-order valence-electron chi connectivity index (χ1n) is 5.95. The van der Waals surface area contributed by atoms with E-state index in [2.05, 4.69) is 20.3 Å². The maximum Gasteiger partial charge on any atom is 0.305 e. The minimum absolute atomic E-state index is 0.228. The summed E-state index contributed by atoms with van der Waals surface area (Å²) in [7, 11) is 1.38. The van der Waals surface area contributed by atoms with E-state index in [-0.39, 0.29) is 5.97 Å². The molecule has 0 aliphatic carbocycles. The van der Waals surface area contributed by atoms with E-state index in [1.165, 1.54) is 24.0 Å². The highest BCUT2D eigenvalue weighted by atomic mass is 32.1. The number of anilines is 1. The van der Waals surface area contributed by atoms with Gasteiger partial charge in [-0.3, -0.25) is 4.79 Å². The van der Waals surface area contributed by atoms with Gasteiger partial charge in [-0.05, 0) is 5.56 Å². The Bertz CT molecular complexity index is 528. The predicted molar refractivity (Wildman–Crippen MR) is 74.0 cm³/mol. The van der Waals surface area contributed by atoms with Crippen LogP contribution in [-0.4, -0.2) is 23.3 Å².